The number of thiophene rings is 1. The topological polar surface area (TPSA) is 122 Å². The summed E-state index contributed by atoms with van der Waals surface area (Å²) in [6.45, 7) is 2.85. The number of methoxy groups -OCH3 is 1. The molecule has 0 saturated carbocycles. The fraction of sp³-hybridized carbons (Fsp3) is 0.310. The minimum Gasteiger partial charge on any atom is -0.491 e. The van der Waals surface area contributed by atoms with Crippen molar-refractivity contribution in [1.82, 2.24) is 24.1 Å². The van der Waals surface area contributed by atoms with Gasteiger partial charge in [-0.2, -0.15) is 9.78 Å². The number of amides is 1. The summed E-state index contributed by atoms with van der Waals surface area (Å²) >= 11 is 7.52. The van der Waals surface area contributed by atoms with E-state index in [2.05, 4.69) is 15.3 Å². The first kappa shape index (κ1) is 29.5. The van der Waals surface area contributed by atoms with Crippen molar-refractivity contribution in [3.05, 3.63) is 85.4 Å². The van der Waals surface area contributed by atoms with Crippen molar-refractivity contribution in [2.45, 2.75) is 19.7 Å². The fourth-order valence-corrected chi connectivity index (χ4v) is 5.64. The van der Waals surface area contributed by atoms with E-state index < -0.39 is 5.56 Å². The minimum absolute atomic E-state index is 0.0573. The van der Waals surface area contributed by atoms with Gasteiger partial charge in [0.1, 0.15) is 12.4 Å². The summed E-state index contributed by atoms with van der Waals surface area (Å²) in [7, 11) is 3.40. The molecule has 0 bridgehead atoms. The molecule has 3 aromatic heterocycles. The van der Waals surface area contributed by atoms with E-state index in [-0.39, 0.29) is 30.7 Å². The van der Waals surface area contributed by atoms with Crippen molar-refractivity contribution in [2.24, 2.45) is 0 Å². The summed E-state index contributed by atoms with van der Waals surface area (Å²) in [5.74, 6) is -0.0609. The van der Waals surface area contributed by atoms with Crippen molar-refractivity contribution >= 4 is 40.6 Å². The van der Waals surface area contributed by atoms with E-state index in [4.69, 9.17) is 16.3 Å². The molecule has 1 aliphatic heterocycles. The van der Waals surface area contributed by atoms with Gasteiger partial charge in [-0.05, 0) is 42.9 Å². The fourth-order valence-electron chi connectivity index (χ4n) is 4.62. The van der Waals surface area contributed by atoms with Gasteiger partial charge in [-0.15, -0.1) is 11.3 Å². The molecule has 0 spiro atoms. The highest BCUT2D eigenvalue weighted by atomic mass is 35.5. The largest absolute Gasteiger partial charge is 0.491 e. The lowest BCUT2D eigenvalue weighted by Crippen LogP contribution is -2.48. The Morgan fingerprint density at radius 1 is 1.10 bits per heavy atom. The van der Waals surface area contributed by atoms with Gasteiger partial charge in [-0.25, -0.2) is 0 Å². The highest BCUT2D eigenvalue weighted by Crippen LogP contribution is 2.27. The number of nitrogens with zero attached hydrogens (tertiary/aromatic N) is 5. The van der Waals surface area contributed by atoms with Gasteiger partial charge in [0.15, 0.2) is 5.75 Å². The van der Waals surface area contributed by atoms with Crippen LogP contribution in [0.15, 0.2) is 59.5 Å². The quantitative estimate of drug-likeness (QED) is 0.297. The molecule has 1 aromatic carbocycles. The van der Waals surface area contributed by atoms with Crippen molar-refractivity contribution in [3.8, 4) is 17.0 Å². The van der Waals surface area contributed by atoms with Crippen molar-refractivity contribution in [3.63, 3.8) is 0 Å². The van der Waals surface area contributed by atoms with Crippen LogP contribution in [0, 0.1) is 0 Å². The van der Waals surface area contributed by atoms with E-state index in [0.717, 1.165) is 18.0 Å². The van der Waals surface area contributed by atoms with Crippen molar-refractivity contribution in [2.75, 3.05) is 45.7 Å². The van der Waals surface area contributed by atoms with Gasteiger partial charge >= 0.3 is 0 Å². The molecule has 1 saturated heterocycles. The molecule has 11 nitrogen and oxygen atoms in total. The van der Waals surface area contributed by atoms with Crippen LogP contribution >= 0.6 is 22.9 Å². The van der Waals surface area contributed by atoms with Gasteiger partial charge in [-0.1, -0.05) is 23.7 Å². The minimum atomic E-state index is -0.434. The molecule has 13 heteroatoms. The lowest BCUT2D eigenvalue weighted by molar-refractivity contribution is -0.133. The lowest BCUT2D eigenvalue weighted by atomic mass is 10.1. The molecule has 5 rings (SSSR count). The first-order valence-electron chi connectivity index (χ1n) is 13.3. The van der Waals surface area contributed by atoms with Crippen molar-refractivity contribution < 1.29 is 19.4 Å². The summed E-state index contributed by atoms with van der Waals surface area (Å²) in [6, 6.07) is 13.6. The number of nitrogens with one attached hydrogen (secondary N) is 1. The maximum Gasteiger partial charge on any atom is 0.293 e. The molecule has 1 amide bonds. The third-order valence-corrected chi connectivity index (χ3v) is 8.32. The molecule has 0 radical (unpaired) electrons. The first-order chi connectivity index (χ1) is 20.2. The van der Waals surface area contributed by atoms with Crippen LogP contribution in [-0.2, 0) is 24.5 Å². The maximum atomic E-state index is 13.6. The maximum absolute atomic E-state index is 13.6. The van der Waals surface area contributed by atoms with Crippen LogP contribution < -0.4 is 15.6 Å². The van der Waals surface area contributed by atoms with Gasteiger partial charge in [0.25, 0.3) is 11.5 Å². The van der Waals surface area contributed by atoms with E-state index in [9.17, 15) is 19.5 Å². The number of halogens is 1. The third kappa shape index (κ3) is 6.57. The highest BCUT2D eigenvalue weighted by Gasteiger charge is 2.22. The number of aromatic nitrogens is 3. The number of hydrogen-bond donors (Lipinski definition) is 2. The number of hydrogen-bond acceptors (Lipinski definition) is 9. The predicted octanol–water partition coefficient (Wildman–Crippen LogP) is 3.00. The second kappa shape index (κ2) is 12.9. The zero-order valence-electron chi connectivity index (χ0n) is 23.2. The Morgan fingerprint density at radius 2 is 1.83 bits per heavy atom. The number of aliphatic hydroxyl groups is 1. The summed E-state index contributed by atoms with van der Waals surface area (Å²) in [4.78, 5) is 44.6. The van der Waals surface area contributed by atoms with Crippen LogP contribution in [0.25, 0.3) is 11.3 Å². The number of anilines is 1. The van der Waals surface area contributed by atoms with E-state index in [0.29, 0.717) is 52.2 Å². The molecule has 1 fully saturated rings. The van der Waals surface area contributed by atoms with Gasteiger partial charge in [0.05, 0.1) is 30.3 Å². The third-order valence-electron chi connectivity index (χ3n) is 7.09. The Kier molecular flexibility index (Phi) is 9.07. The normalized spacial score (nSPS) is 13.8. The van der Waals surface area contributed by atoms with E-state index >= 15 is 0 Å². The SMILES string of the molecule is COc1cc(-c2cc(NCc3ccc(Cl)s3)n(C(=O)c3ccc(CO)cc3)n2)cn(CC(=O)N2CCN(C)CC2)c1=O. The second-order valence-electron chi connectivity index (χ2n) is 9.96. The van der Waals surface area contributed by atoms with E-state index in [1.165, 1.54) is 27.7 Å². The van der Waals surface area contributed by atoms with Gasteiger partial charge in [-0.3, -0.25) is 14.4 Å². The van der Waals surface area contributed by atoms with E-state index in [1.807, 2.05) is 13.1 Å². The Bertz CT molecular complexity index is 1640. The summed E-state index contributed by atoms with van der Waals surface area (Å²) < 4.78 is 8.60. The lowest BCUT2D eigenvalue weighted by Gasteiger charge is -2.32. The number of carbonyl (C=O) groups is 2. The van der Waals surface area contributed by atoms with Crippen LogP contribution in [0.1, 0.15) is 20.8 Å². The first-order valence-corrected chi connectivity index (χ1v) is 14.5. The molecule has 0 atom stereocenters. The Balaban J connectivity index is 1.49. The van der Waals surface area contributed by atoms with Gasteiger partial charge < -0.3 is 29.5 Å². The number of benzene rings is 1. The molecule has 1 aliphatic rings. The smallest absolute Gasteiger partial charge is 0.293 e. The summed E-state index contributed by atoms with van der Waals surface area (Å²) in [5.41, 5.74) is 1.53. The number of ether oxygens (including phenoxy) is 1. The average Bonchev–Trinajstić information content (AvgIpc) is 3.63. The van der Waals surface area contributed by atoms with Gasteiger partial charge in [0, 0.05) is 54.4 Å². The highest BCUT2D eigenvalue weighted by molar-refractivity contribution is 7.16. The zero-order chi connectivity index (χ0) is 29.8. The number of carbonyl (C=O) groups excluding carboxylic acids is 2. The molecular formula is C29H31ClN6O5S. The summed E-state index contributed by atoms with van der Waals surface area (Å²) in [5, 5.41) is 17.2. The molecule has 0 unspecified atom stereocenters. The standard InChI is InChI=1S/C29H31ClN6O5S/c1-33-9-11-34(12-10-33)27(38)17-35-16-21(13-24(41-2)29(35)40)23-14-26(31-15-22-7-8-25(30)42-22)36(32-23)28(39)20-5-3-19(18-37)4-6-20/h3-8,13-14,16,31,37H,9-12,15,17-18H2,1-2H3. The summed E-state index contributed by atoms with van der Waals surface area (Å²) in [6.07, 6.45) is 1.56. The number of piperazine rings is 1. The number of likely N-dealkylation sites (N-methyl/N-ethyl adjacent to an activating group) is 1. The Morgan fingerprint density at radius 3 is 2.48 bits per heavy atom. The molecule has 4 aromatic rings. The monoisotopic (exact) mass is 610 g/mol. The average molecular weight is 611 g/mol. The van der Waals surface area contributed by atoms with E-state index in [1.54, 1.807) is 53.6 Å². The number of rotatable bonds is 9. The molecule has 2 N–H and O–H groups in total. The molecule has 0 aliphatic carbocycles. The van der Waals surface area contributed by atoms with Crippen LogP contribution in [-0.4, -0.2) is 81.4 Å². The molecular weight excluding hydrogens is 580 g/mol. The molecule has 42 heavy (non-hydrogen) atoms. The molecule has 4 heterocycles. The number of pyridine rings is 1. The van der Waals surface area contributed by atoms with Crippen LogP contribution in [0.3, 0.4) is 0 Å². The zero-order valence-corrected chi connectivity index (χ0v) is 24.8. The van der Waals surface area contributed by atoms with Crippen LogP contribution in [0.4, 0.5) is 5.82 Å². The van der Waals surface area contributed by atoms with Crippen LogP contribution in [0.2, 0.25) is 4.34 Å². The second-order valence-corrected chi connectivity index (χ2v) is 11.8. The Labute approximate surface area is 251 Å². The number of aliphatic hydroxyl groups excluding tert-OH is 1. The van der Waals surface area contributed by atoms with Crippen LogP contribution in [0.5, 0.6) is 5.75 Å². The Hall–Kier alpha value is -3.97. The predicted molar refractivity (Wildman–Crippen MR) is 161 cm³/mol. The molecule has 220 valence electrons. The van der Waals surface area contributed by atoms with Gasteiger partial charge in [0.2, 0.25) is 5.91 Å². The van der Waals surface area contributed by atoms with Crippen molar-refractivity contribution in [1.29, 1.82) is 0 Å².